The van der Waals surface area contributed by atoms with Crippen molar-refractivity contribution in [2.45, 2.75) is 0 Å². The zero-order valence-corrected chi connectivity index (χ0v) is 14.1. The van der Waals surface area contributed by atoms with E-state index < -0.39 is 0 Å². The van der Waals surface area contributed by atoms with Crippen LogP contribution in [0.1, 0.15) is 10.4 Å². The summed E-state index contributed by atoms with van der Waals surface area (Å²) in [6.07, 6.45) is 4.59. The quantitative estimate of drug-likeness (QED) is 0.585. The molecule has 4 aromatic rings. The SMILES string of the molecule is O=C(Nc1cnc(-n2cccn2)nc1O)c1ccccc1-c1ccccc1. The van der Waals surface area contributed by atoms with Crippen LogP contribution in [-0.4, -0.2) is 30.8 Å². The summed E-state index contributed by atoms with van der Waals surface area (Å²) in [6, 6.07) is 18.6. The normalized spacial score (nSPS) is 10.5. The minimum Gasteiger partial charge on any atom is -0.492 e. The molecule has 0 aliphatic rings. The molecule has 7 nitrogen and oxygen atoms in total. The maximum Gasteiger partial charge on any atom is 0.256 e. The van der Waals surface area contributed by atoms with Crippen molar-refractivity contribution in [1.82, 2.24) is 19.7 Å². The van der Waals surface area contributed by atoms with Crippen LogP contribution in [0, 0.1) is 0 Å². The molecule has 0 radical (unpaired) electrons. The molecule has 0 spiro atoms. The molecule has 2 aromatic carbocycles. The van der Waals surface area contributed by atoms with Crippen molar-refractivity contribution >= 4 is 11.6 Å². The van der Waals surface area contributed by atoms with Gasteiger partial charge in [-0.25, -0.2) is 9.67 Å². The fourth-order valence-electron chi connectivity index (χ4n) is 2.69. The Kier molecular flexibility index (Phi) is 4.32. The Bertz CT molecular complexity index is 1080. The topological polar surface area (TPSA) is 92.9 Å². The molecule has 0 bridgehead atoms. The molecule has 0 fully saturated rings. The van der Waals surface area contributed by atoms with Crippen LogP contribution in [0.3, 0.4) is 0 Å². The molecule has 0 atom stereocenters. The lowest BCUT2D eigenvalue weighted by molar-refractivity contribution is 0.102. The molecule has 2 aromatic heterocycles. The number of aromatic nitrogens is 4. The highest BCUT2D eigenvalue weighted by atomic mass is 16.3. The maximum atomic E-state index is 12.8. The van der Waals surface area contributed by atoms with E-state index in [1.54, 1.807) is 30.6 Å². The maximum absolute atomic E-state index is 12.8. The molecule has 7 heteroatoms. The summed E-state index contributed by atoms with van der Waals surface area (Å²) in [7, 11) is 0. The smallest absolute Gasteiger partial charge is 0.256 e. The number of anilines is 1. The second kappa shape index (κ2) is 7.09. The second-order valence-electron chi connectivity index (χ2n) is 5.72. The van der Waals surface area contributed by atoms with E-state index in [9.17, 15) is 9.90 Å². The lowest BCUT2D eigenvalue weighted by Gasteiger charge is -2.11. The standard InChI is InChI=1S/C20H15N5O2/c26-18(16-10-5-4-9-15(16)14-7-2-1-3-8-14)23-17-13-21-20(24-19(17)27)25-12-6-11-22-25/h1-13H,(H,23,26)(H,21,24,27). The van der Waals surface area contributed by atoms with E-state index >= 15 is 0 Å². The largest absolute Gasteiger partial charge is 0.492 e. The molecular weight excluding hydrogens is 342 g/mol. The number of amides is 1. The van der Waals surface area contributed by atoms with Gasteiger partial charge in [0.25, 0.3) is 11.9 Å². The van der Waals surface area contributed by atoms with Gasteiger partial charge in [-0.2, -0.15) is 10.1 Å². The minimum atomic E-state index is -0.361. The Labute approximate surface area is 155 Å². The number of aromatic hydroxyl groups is 1. The summed E-state index contributed by atoms with van der Waals surface area (Å²) in [5.74, 6) is -0.485. The van der Waals surface area contributed by atoms with Crippen LogP contribution in [0.25, 0.3) is 17.1 Å². The van der Waals surface area contributed by atoms with Crippen LogP contribution in [0.4, 0.5) is 5.69 Å². The Balaban J connectivity index is 1.62. The van der Waals surface area contributed by atoms with Crippen molar-refractivity contribution in [3.63, 3.8) is 0 Å². The zero-order chi connectivity index (χ0) is 18.6. The molecule has 0 aliphatic carbocycles. The van der Waals surface area contributed by atoms with Crippen molar-refractivity contribution in [1.29, 1.82) is 0 Å². The first-order valence-electron chi connectivity index (χ1n) is 8.24. The van der Waals surface area contributed by atoms with Crippen molar-refractivity contribution in [3.8, 4) is 23.0 Å². The van der Waals surface area contributed by atoms with Crippen molar-refractivity contribution in [2.75, 3.05) is 5.32 Å². The van der Waals surface area contributed by atoms with Gasteiger partial charge in [-0.3, -0.25) is 4.79 Å². The van der Waals surface area contributed by atoms with Gasteiger partial charge in [0.2, 0.25) is 5.88 Å². The van der Waals surface area contributed by atoms with Gasteiger partial charge in [0.1, 0.15) is 5.69 Å². The van der Waals surface area contributed by atoms with Crippen LogP contribution < -0.4 is 5.32 Å². The molecule has 2 heterocycles. The number of rotatable bonds is 4. The summed E-state index contributed by atoms with van der Waals surface area (Å²) in [5, 5.41) is 16.8. The summed E-state index contributed by atoms with van der Waals surface area (Å²) < 4.78 is 1.41. The van der Waals surface area contributed by atoms with Crippen LogP contribution in [0.15, 0.2) is 79.3 Å². The Morgan fingerprint density at radius 1 is 1.00 bits per heavy atom. The van der Waals surface area contributed by atoms with Gasteiger partial charge in [-0.1, -0.05) is 48.5 Å². The van der Waals surface area contributed by atoms with Gasteiger partial charge in [0.05, 0.1) is 6.20 Å². The highest BCUT2D eigenvalue weighted by molar-refractivity contribution is 6.09. The number of hydrogen-bond acceptors (Lipinski definition) is 5. The minimum absolute atomic E-state index is 0.124. The van der Waals surface area contributed by atoms with Crippen molar-refractivity contribution in [2.24, 2.45) is 0 Å². The summed E-state index contributed by atoms with van der Waals surface area (Å²) in [4.78, 5) is 20.9. The van der Waals surface area contributed by atoms with E-state index in [-0.39, 0.29) is 23.4 Å². The third kappa shape index (κ3) is 3.38. The molecule has 0 aliphatic heterocycles. The van der Waals surface area contributed by atoms with Gasteiger partial charge >= 0.3 is 0 Å². The summed E-state index contributed by atoms with van der Waals surface area (Å²) in [5.41, 5.74) is 2.33. The third-order valence-electron chi connectivity index (χ3n) is 3.97. The molecule has 132 valence electrons. The molecule has 1 amide bonds. The van der Waals surface area contributed by atoms with E-state index in [4.69, 9.17) is 0 Å². The molecule has 0 saturated carbocycles. The molecular formula is C20H15N5O2. The van der Waals surface area contributed by atoms with Gasteiger partial charge in [-0.15, -0.1) is 0 Å². The average Bonchev–Trinajstić information content (AvgIpc) is 3.25. The molecule has 27 heavy (non-hydrogen) atoms. The molecule has 0 saturated heterocycles. The predicted octanol–water partition coefficient (Wildman–Crippen LogP) is 3.29. The highest BCUT2D eigenvalue weighted by Crippen LogP contribution is 2.26. The van der Waals surface area contributed by atoms with E-state index in [1.165, 1.54) is 10.9 Å². The molecule has 2 N–H and O–H groups in total. The summed E-state index contributed by atoms with van der Waals surface area (Å²) in [6.45, 7) is 0. The average molecular weight is 357 g/mol. The van der Waals surface area contributed by atoms with E-state index in [2.05, 4.69) is 20.4 Å². The van der Waals surface area contributed by atoms with Gasteiger partial charge in [-0.05, 0) is 23.3 Å². The second-order valence-corrected chi connectivity index (χ2v) is 5.72. The number of nitrogens with zero attached hydrogens (tertiary/aromatic N) is 4. The lowest BCUT2D eigenvalue weighted by Crippen LogP contribution is -2.14. The molecule has 4 rings (SSSR count). The van der Waals surface area contributed by atoms with Crippen molar-refractivity contribution < 1.29 is 9.90 Å². The van der Waals surface area contributed by atoms with Crippen molar-refractivity contribution in [3.05, 3.63) is 84.8 Å². The first-order valence-corrected chi connectivity index (χ1v) is 8.24. The Morgan fingerprint density at radius 3 is 2.52 bits per heavy atom. The summed E-state index contributed by atoms with van der Waals surface area (Å²) >= 11 is 0. The fourth-order valence-corrected chi connectivity index (χ4v) is 2.69. The van der Waals surface area contributed by atoms with Crippen LogP contribution in [-0.2, 0) is 0 Å². The third-order valence-corrected chi connectivity index (χ3v) is 3.97. The predicted molar refractivity (Wildman–Crippen MR) is 101 cm³/mol. The van der Waals surface area contributed by atoms with Gasteiger partial charge < -0.3 is 10.4 Å². The monoisotopic (exact) mass is 357 g/mol. The van der Waals surface area contributed by atoms with Gasteiger partial charge in [0.15, 0.2) is 0 Å². The highest BCUT2D eigenvalue weighted by Gasteiger charge is 2.15. The van der Waals surface area contributed by atoms with Crippen LogP contribution in [0.5, 0.6) is 5.88 Å². The number of nitrogens with one attached hydrogen (secondary N) is 1. The van der Waals surface area contributed by atoms with E-state index in [1.807, 2.05) is 42.5 Å². The van der Waals surface area contributed by atoms with E-state index in [0.29, 0.717) is 5.56 Å². The lowest BCUT2D eigenvalue weighted by atomic mass is 9.99. The number of carbonyl (C=O) groups is 1. The van der Waals surface area contributed by atoms with Gasteiger partial charge in [0, 0.05) is 18.0 Å². The number of benzene rings is 2. The first kappa shape index (κ1) is 16.5. The zero-order valence-electron chi connectivity index (χ0n) is 14.1. The number of hydrogen-bond donors (Lipinski definition) is 2. The van der Waals surface area contributed by atoms with Crippen LogP contribution in [0.2, 0.25) is 0 Å². The Morgan fingerprint density at radius 2 is 1.78 bits per heavy atom. The van der Waals surface area contributed by atoms with Crippen LogP contribution >= 0.6 is 0 Å². The molecule has 0 unspecified atom stereocenters. The van der Waals surface area contributed by atoms with E-state index in [0.717, 1.165) is 11.1 Å². The first-order chi connectivity index (χ1) is 13.2. The fraction of sp³-hybridized carbons (Fsp3) is 0. The Hall–Kier alpha value is -4.00. The number of carbonyl (C=O) groups excluding carboxylic acids is 1.